The van der Waals surface area contributed by atoms with Crippen LogP contribution < -0.4 is 5.32 Å². The van der Waals surface area contributed by atoms with Crippen LogP contribution in [0, 0.1) is 0 Å². The highest BCUT2D eigenvalue weighted by molar-refractivity contribution is 7.90. The average Bonchev–Trinajstić information content (AvgIpc) is 3.19. The van der Waals surface area contributed by atoms with Crippen LogP contribution in [-0.4, -0.2) is 35.9 Å². The van der Waals surface area contributed by atoms with Crippen molar-refractivity contribution in [2.45, 2.75) is 11.3 Å². The zero-order valence-electron chi connectivity index (χ0n) is 12.5. The summed E-state index contributed by atoms with van der Waals surface area (Å²) in [6.45, 7) is 0. The Morgan fingerprint density at radius 3 is 2.54 bits per heavy atom. The summed E-state index contributed by atoms with van der Waals surface area (Å²) in [5.41, 5.74) is 0.791. The maximum absolute atomic E-state index is 11.7. The molecular weight excluding hydrogens is 336 g/mol. The van der Waals surface area contributed by atoms with Crippen LogP contribution in [0.1, 0.15) is 22.0 Å². The summed E-state index contributed by atoms with van der Waals surface area (Å²) in [5.74, 6) is -0.263. The monoisotopic (exact) mass is 348 g/mol. The first-order valence-corrected chi connectivity index (χ1v) is 8.64. The minimum atomic E-state index is -3.24. The number of carbonyl (C=O) groups is 1. The fourth-order valence-corrected chi connectivity index (χ4v) is 2.53. The Bertz CT molecular complexity index is 945. The molecule has 1 N–H and O–H groups in total. The van der Waals surface area contributed by atoms with Gasteiger partial charge in [-0.1, -0.05) is 22.4 Å². The van der Waals surface area contributed by atoms with Crippen molar-refractivity contribution in [3.05, 3.63) is 53.7 Å². The Kier molecular flexibility index (Phi) is 4.13. The predicted molar refractivity (Wildman–Crippen MR) is 81.1 cm³/mol. The lowest BCUT2D eigenvalue weighted by atomic mass is 10.1. The molecule has 1 amide bonds. The molecule has 0 aliphatic heterocycles. The molecule has 9 nitrogen and oxygen atoms in total. The number of rotatable bonds is 5. The van der Waals surface area contributed by atoms with Crippen molar-refractivity contribution >= 4 is 21.8 Å². The molecule has 3 aromatic rings. The minimum absolute atomic E-state index is 0.0195. The van der Waals surface area contributed by atoms with Gasteiger partial charge in [-0.2, -0.15) is 0 Å². The lowest BCUT2D eigenvalue weighted by molar-refractivity contribution is 0.0985. The molecule has 124 valence electrons. The van der Waals surface area contributed by atoms with Crippen molar-refractivity contribution < 1.29 is 22.2 Å². The van der Waals surface area contributed by atoms with E-state index in [-0.39, 0.29) is 22.6 Å². The van der Waals surface area contributed by atoms with E-state index in [1.165, 1.54) is 24.4 Å². The smallest absolute Gasteiger partial charge is 0.322 e. The lowest BCUT2D eigenvalue weighted by Gasteiger charge is -2.00. The normalized spacial score (nSPS) is 11.4. The number of nitrogens with zero attached hydrogens (tertiary/aromatic N) is 3. The van der Waals surface area contributed by atoms with Gasteiger partial charge in [0.1, 0.15) is 0 Å². The SMILES string of the molecule is CS(=O)(=O)c1ccc(Cc2nnc(NC(=O)c3ccno3)o2)cc1. The number of sulfone groups is 1. The zero-order chi connectivity index (χ0) is 17.2. The van der Waals surface area contributed by atoms with E-state index in [0.717, 1.165) is 11.8 Å². The van der Waals surface area contributed by atoms with E-state index in [9.17, 15) is 13.2 Å². The third-order valence-corrected chi connectivity index (χ3v) is 4.18. The second kappa shape index (κ2) is 6.24. The van der Waals surface area contributed by atoms with Crippen LogP contribution in [0.15, 0.2) is 50.4 Å². The molecular formula is C14H12N4O5S. The van der Waals surface area contributed by atoms with E-state index in [1.807, 2.05) is 0 Å². The van der Waals surface area contributed by atoms with Crippen LogP contribution in [0.3, 0.4) is 0 Å². The summed E-state index contributed by atoms with van der Waals surface area (Å²) in [6, 6.07) is 7.66. The van der Waals surface area contributed by atoms with E-state index < -0.39 is 15.7 Å². The molecule has 10 heteroatoms. The molecule has 0 aliphatic carbocycles. The van der Waals surface area contributed by atoms with Crippen LogP contribution in [0.25, 0.3) is 0 Å². The maximum atomic E-state index is 11.7. The lowest BCUT2D eigenvalue weighted by Crippen LogP contribution is -2.11. The number of carbonyl (C=O) groups excluding carboxylic acids is 1. The molecule has 0 saturated carbocycles. The van der Waals surface area contributed by atoms with E-state index in [4.69, 9.17) is 8.94 Å². The molecule has 0 radical (unpaired) electrons. The number of nitrogens with one attached hydrogen (secondary N) is 1. The number of aromatic nitrogens is 3. The molecule has 0 fully saturated rings. The zero-order valence-corrected chi connectivity index (χ0v) is 13.3. The summed E-state index contributed by atoms with van der Waals surface area (Å²) in [5, 5.41) is 13.3. The third-order valence-electron chi connectivity index (χ3n) is 3.06. The van der Waals surface area contributed by atoms with Gasteiger partial charge in [0.15, 0.2) is 9.84 Å². The predicted octanol–water partition coefficient (Wildman–Crippen LogP) is 1.30. The van der Waals surface area contributed by atoms with Gasteiger partial charge in [0, 0.05) is 12.3 Å². The van der Waals surface area contributed by atoms with Crippen molar-refractivity contribution in [3.63, 3.8) is 0 Å². The van der Waals surface area contributed by atoms with Gasteiger partial charge in [0.25, 0.3) is 5.91 Å². The van der Waals surface area contributed by atoms with Crippen LogP contribution in [-0.2, 0) is 16.3 Å². The molecule has 24 heavy (non-hydrogen) atoms. The molecule has 0 unspecified atom stereocenters. The van der Waals surface area contributed by atoms with E-state index in [1.54, 1.807) is 12.1 Å². The second-order valence-electron chi connectivity index (χ2n) is 4.92. The summed E-state index contributed by atoms with van der Waals surface area (Å²) < 4.78 is 32.9. The molecule has 0 saturated heterocycles. The van der Waals surface area contributed by atoms with Crippen LogP contribution in [0.5, 0.6) is 0 Å². The van der Waals surface area contributed by atoms with Gasteiger partial charge in [0.2, 0.25) is 11.7 Å². The standard InChI is InChI=1S/C14H12N4O5S/c1-24(20,21)10-4-2-9(3-5-10)8-12-17-18-14(22-12)16-13(19)11-6-7-15-23-11/h2-7H,8H2,1H3,(H,16,18,19). The van der Waals surface area contributed by atoms with E-state index in [2.05, 4.69) is 20.7 Å². The quantitative estimate of drug-likeness (QED) is 0.730. The number of anilines is 1. The number of benzene rings is 1. The summed E-state index contributed by atoms with van der Waals surface area (Å²) in [4.78, 5) is 12.0. The fraction of sp³-hybridized carbons (Fsp3) is 0.143. The van der Waals surface area contributed by atoms with E-state index >= 15 is 0 Å². The largest absolute Gasteiger partial charge is 0.407 e. The molecule has 2 aromatic heterocycles. The third kappa shape index (κ3) is 3.66. The number of hydrogen-bond acceptors (Lipinski definition) is 8. The number of hydrogen-bond donors (Lipinski definition) is 1. The fourth-order valence-electron chi connectivity index (χ4n) is 1.90. The van der Waals surface area contributed by atoms with Gasteiger partial charge in [-0.25, -0.2) is 8.42 Å². The van der Waals surface area contributed by atoms with Gasteiger partial charge in [0.05, 0.1) is 17.5 Å². The molecule has 0 spiro atoms. The van der Waals surface area contributed by atoms with Crippen molar-refractivity contribution in [2.24, 2.45) is 0 Å². The van der Waals surface area contributed by atoms with Crippen LogP contribution >= 0.6 is 0 Å². The first-order chi connectivity index (χ1) is 11.4. The Morgan fingerprint density at radius 2 is 1.92 bits per heavy atom. The minimum Gasteiger partial charge on any atom is -0.407 e. The van der Waals surface area contributed by atoms with Crippen LogP contribution in [0.2, 0.25) is 0 Å². The first kappa shape index (κ1) is 15.9. The van der Waals surface area contributed by atoms with Crippen LogP contribution in [0.4, 0.5) is 6.01 Å². The Hall–Kier alpha value is -3.01. The van der Waals surface area contributed by atoms with Crippen molar-refractivity contribution in [3.8, 4) is 0 Å². The Morgan fingerprint density at radius 1 is 1.17 bits per heavy atom. The Labute approximate surface area is 136 Å². The molecule has 1 aromatic carbocycles. The van der Waals surface area contributed by atoms with Gasteiger partial charge in [-0.05, 0) is 17.7 Å². The molecule has 0 aliphatic rings. The highest BCUT2D eigenvalue weighted by Gasteiger charge is 2.15. The topological polar surface area (TPSA) is 128 Å². The van der Waals surface area contributed by atoms with Gasteiger partial charge in [-0.15, -0.1) is 5.10 Å². The molecule has 2 heterocycles. The Balaban J connectivity index is 1.67. The summed E-state index contributed by atoms with van der Waals surface area (Å²) >= 11 is 0. The average molecular weight is 348 g/mol. The number of amides is 1. The van der Waals surface area contributed by atoms with Gasteiger partial charge < -0.3 is 8.94 Å². The molecule has 0 atom stereocenters. The van der Waals surface area contributed by atoms with Crippen molar-refractivity contribution in [1.29, 1.82) is 0 Å². The van der Waals surface area contributed by atoms with Gasteiger partial charge >= 0.3 is 6.01 Å². The van der Waals surface area contributed by atoms with Crippen molar-refractivity contribution in [2.75, 3.05) is 11.6 Å². The summed E-state index contributed by atoms with van der Waals surface area (Å²) in [7, 11) is -3.24. The maximum Gasteiger partial charge on any atom is 0.322 e. The first-order valence-electron chi connectivity index (χ1n) is 6.75. The highest BCUT2D eigenvalue weighted by Crippen LogP contribution is 2.15. The highest BCUT2D eigenvalue weighted by atomic mass is 32.2. The van der Waals surface area contributed by atoms with Crippen molar-refractivity contribution in [1.82, 2.24) is 15.4 Å². The second-order valence-corrected chi connectivity index (χ2v) is 6.94. The molecule has 0 bridgehead atoms. The van der Waals surface area contributed by atoms with Gasteiger partial charge in [-0.3, -0.25) is 10.1 Å². The van der Waals surface area contributed by atoms with E-state index in [0.29, 0.717) is 6.42 Å². The summed E-state index contributed by atoms with van der Waals surface area (Å²) in [6.07, 6.45) is 2.78. The molecule has 3 rings (SSSR count).